The van der Waals surface area contributed by atoms with Crippen molar-refractivity contribution in [2.45, 2.75) is 26.3 Å². The van der Waals surface area contributed by atoms with Gasteiger partial charge in [-0.15, -0.1) is 0 Å². The number of anilines is 2. The third-order valence-electron chi connectivity index (χ3n) is 5.39. The van der Waals surface area contributed by atoms with Crippen molar-refractivity contribution >= 4 is 23.3 Å². The summed E-state index contributed by atoms with van der Waals surface area (Å²) in [6, 6.07) is 16.9. The summed E-state index contributed by atoms with van der Waals surface area (Å²) in [5, 5.41) is 10.3. The Bertz CT molecular complexity index is 1060. The Balaban J connectivity index is 1.49. The molecule has 7 nitrogen and oxygen atoms in total. The van der Waals surface area contributed by atoms with Crippen molar-refractivity contribution in [2.75, 3.05) is 17.2 Å². The van der Waals surface area contributed by atoms with E-state index in [0.717, 1.165) is 23.4 Å². The van der Waals surface area contributed by atoms with Crippen molar-refractivity contribution in [1.82, 2.24) is 14.7 Å². The second-order valence-corrected chi connectivity index (χ2v) is 7.37. The minimum atomic E-state index is -0.268. The number of para-hydroxylation sites is 1. The molecular formula is C23H25N5O2. The quantitative estimate of drug-likeness (QED) is 0.695. The Morgan fingerprint density at radius 1 is 1.00 bits per heavy atom. The van der Waals surface area contributed by atoms with Gasteiger partial charge in [0.25, 0.3) is 5.91 Å². The van der Waals surface area contributed by atoms with Crippen molar-refractivity contribution in [1.29, 1.82) is 0 Å². The summed E-state index contributed by atoms with van der Waals surface area (Å²) in [4.78, 5) is 27.3. The molecule has 0 atom stereocenters. The molecule has 0 saturated carbocycles. The number of hydrogen-bond donors (Lipinski definition) is 2. The number of benzene rings is 2. The molecule has 3 amide bonds. The Morgan fingerprint density at radius 2 is 1.70 bits per heavy atom. The molecule has 1 aromatic heterocycles. The van der Waals surface area contributed by atoms with E-state index in [-0.39, 0.29) is 11.9 Å². The van der Waals surface area contributed by atoms with Crippen molar-refractivity contribution in [3.8, 4) is 0 Å². The SMILES string of the molecule is CCc1ccc(NC(=O)N2CCc3c(c(C(=O)Nc4ccccc4)nn3C)C2)cc1. The highest BCUT2D eigenvalue weighted by molar-refractivity contribution is 6.04. The first-order chi connectivity index (χ1) is 14.5. The first-order valence-electron chi connectivity index (χ1n) is 10.1. The van der Waals surface area contributed by atoms with E-state index in [1.807, 2.05) is 61.6 Å². The number of hydrogen-bond acceptors (Lipinski definition) is 3. The van der Waals surface area contributed by atoms with Crippen LogP contribution in [0.3, 0.4) is 0 Å². The van der Waals surface area contributed by atoms with Gasteiger partial charge >= 0.3 is 6.03 Å². The van der Waals surface area contributed by atoms with Gasteiger partial charge in [-0.1, -0.05) is 37.3 Å². The minimum absolute atomic E-state index is 0.178. The molecule has 1 aliphatic rings. The molecule has 0 radical (unpaired) electrons. The monoisotopic (exact) mass is 403 g/mol. The van der Waals surface area contributed by atoms with Gasteiger partial charge in [0.1, 0.15) is 0 Å². The van der Waals surface area contributed by atoms with Crippen LogP contribution in [0.4, 0.5) is 16.2 Å². The van der Waals surface area contributed by atoms with Crippen LogP contribution in [-0.4, -0.2) is 33.2 Å². The first-order valence-corrected chi connectivity index (χ1v) is 10.1. The first kappa shape index (κ1) is 19.7. The molecule has 2 N–H and O–H groups in total. The van der Waals surface area contributed by atoms with Gasteiger partial charge < -0.3 is 15.5 Å². The molecule has 4 rings (SSSR count). The molecule has 7 heteroatoms. The standard InChI is InChI=1S/C23H25N5O2/c1-3-16-9-11-18(12-10-16)25-23(30)28-14-13-20-19(15-28)21(26-27(20)2)22(29)24-17-7-5-4-6-8-17/h4-12H,3,13-15H2,1-2H3,(H,24,29)(H,25,30). The predicted molar refractivity (Wildman–Crippen MR) is 117 cm³/mol. The maximum atomic E-state index is 12.8. The van der Waals surface area contributed by atoms with Crippen LogP contribution >= 0.6 is 0 Å². The van der Waals surface area contributed by atoms with Crippen LogP contribution in [0.25, 0.3) is 0 Å². The zero-order chi connectivity index (χ0) is 21.1. The molecule has 0 spiro atoms. The number of nitrogens with one attached hydrogen (secondary N) is 2. The summed E-state index contributed by atoms with van der Waals surface area (Å²) in [6.45, 7) is 3.02. The summed E-state index contributed by atoms with van der Waals surface area (Å²) < 4.78 is 1.74. The average Bonchev–Trinajstić information content (AvgIpc) is 3.11. The largest absolute Gasteiger partial charge is 0.322 e. The third-order valence-corrected chi connectivity index (χ3v) is 5.39. The van der Waals surface area contributed by atoms with Gasteiger partial charge in [0.2, 0.25) is 0 Å². The fraction of sp³-hybridized carbons (Fsp3) is 0.261. The Kier molecular flexibility index (Phi) is 5.52. The number of aryl methyl sites for hydroxylation is 2. The lowest BCUT2D eigenvalue weighted by Gasteiger charge is -2.27. The molecule has 2 aromatic carbocycles. The van der Waals surface area contributed by atoms with Crippen LogP contribution in [-0.2, 0) is 26.4 Å². The van der Waals surface area contributed by atoms with E-state index in [0.29, 0.717) is 30.9 Å². The lowest BCUT2D eigenvalue weighted by atomic mass is 10.0. The van der Waals surface area contributed by atoms with Gasteiger partial charge in [0, 0.05) is 42.6 Å². The molecule has 0 bridgehead atoms. The summed E-state index contributed by atoms with van der Waals surface area (Å²) in [6.07, 6.45) is 1.61. The molecule has 2 heterocycles. The fourth-order valence-electron chi connectivity index (χ4n) is 3.69. The highest BCUT2D eigenvalue weighted by atomic mass is 16.2. The van der Waals surface area contributed by atoms with E-state index in [1.165, 1.54) is 5.56 Å². The minimum Gasteiger partial charge on any atom is -0.321 e. The zero-order valence-electron chi connectivity index (χ0n) is 17.2. The molecule has 1 aliphatic heterocycles. The number of nitrogens with zero attached hydrogens (tertiary/aromatic N) is 3. The molecule has 0 aliphatic carbocycles. The molecule has 0 unspecified atom stereocenters. The van der Waals surface area contributed by atoms with Gasteiger partial charge in [-0.3, -0.25) is 9.48 Å². The van der Waals surface area contributed by atoms with Crippen LogP contribution in [0, 0.1) is 0 Å². The molecule has 154 valence electrons. The van der Waals surface area contributed by atoms with Gasteiger partial charge in [-0.25, -0.2) is 4.79 Å². The van der Waals surface area contributed by atoms with Gasteiger partial charge in [-0.05, 0) is 36.2 Å². The summed E-state index contributed by atoms with van der Waals surface area (Å²) in [7, 11) is 1.84. The number of carbonyl (C=O) groups excluding carboxylic acids is 2. The average molecular weight is 403 g/mol. The van der Waals surface area contributed by atoms with E-state index in [4.69, 9.17) is 0 Å². The summed E-state index contributed by atoms with van der Waals surface area (Å²) >= 11 is 0. The lowest BCUT2D eigenvalue weighted by Crippen LogP contribution is -2.39. The summed E-state index contributed by atoms with van der Waals surface area (Å²) in [5.74, 6) is -0.268. The number of aromatic nitrogens is 2. The zero-order valence-corrected chi connectivity index (χ0v) is 17.2. The summed E-state index contributed by atoms with van der Waals surface area (Å²) in [5.41, 5.74) is 4.85. The third kappa shape index (κ3) is 4.05. The van der Waals surface area contributed by atoms with Crippen molar-refractivity contribution in [3.05, 3.63) is 77.1 Å². The van der Waals surface area contributed by atoms with Gasteiger partial charge in [-0.2, -0.15) is 5.10 Å². The van der Waals surface area contributed by atoms with Crippen LogP contribution in [0.15, 0.2) is 54.6 Å². The van der Waals surface area contributed by atoms with E-state index in [1.54, 1.807) is 9.58 Å². The maximum absolute atomic E-state index is 12.8. The highest BCUT2D eigenvalue weighted by Gasteiger charge is 2.29. The number of amides is 3. The van der Waals surface area contributed by atoms with Crippen LogP contribution in [0.2, 0.25) is 0 Å². The maximum Gasteiger partial charge on any atom is 0.322 e. The second-order valence-electron chi connectivity index (χ2n) is 7.37. The second kappa shape index (κ2) is 8.41. The number of rotatable bonds is 4. The number of fused-ring (bicyclic) bond motifs is 1. The van der Waals surface area contributed by atoms with Crippen LogP contribution in [0.1, 0.15) is 34.2 Å². The van der Waals surface area contributed by atoms with Crippen molar-refractivity contribution < 1.29 is 9.59 Å². The highest BCUT2D eigenvalue weighted by Crippen LogP contribution is 2.24. The lowest BCUT2D eigenvalue weighted by molar-refractivity contribution is 0.101. The number of carbonyl (C=O) groups is 2. The Labute approximate surface area is 175 Å². The topological polar surface area (TPSA) is 79.3 Å². The van der Waals surface area contributed by atoms with Crippen molar-refractivity contribution in [3.63, 3.8) is 0 Å². The predicted octanol–water partition coefficient (Wildman–Crippen LogP) is 3.83. The molecule has 30 heavy (non-hydrogen) atoms. The molecule has 0 saturated heterocycles. The molecule has 0 fully saturated rings. The molecular weight excluding hydrogens is 378 g/mol. The van der Waals surface area contributed by atoms with Crippen molar-refractivity contribution in [2.24, 2.45) is 7.05 Å². The van der Waals surface area contributed by atoms with Crippen LogP contribution in [0.5, 0.6) is 0 Å². The van der Waals surface area contributed by atoms with E-state index in [2.05, 4.69) is 22.7 Å². The smallest absolute Gasteiger partial charge is 0.321 e. The molecule has 3 aromatic rings. The van der Waals surface area contributed by atoms with E-state index in [9.17, 15) is 9.59 Å². The van der Waals surface area contributed by atoms with Crippen LogP contribution < -0.4 is 10.6 Å². The fourth-order valence-corrected chi connectivity index (χ4v) is 3.69. The Hall–Kier alpha value is -3.61. The Morgan fingerprint density at radius 3 is 2.40 bits per heavy atom. The van der Waals surface area contributed by atoms with Gasteiger partial charge in [0.05, 0.1) is 6.54 Å². The van der Waals surface area contributed by atoms with Gasteiger partial charge in [0.15, 0.2) is 5.69 Å². The van der Waals surface area contributed by atoms with E-state index >= 15 is 0 Å². The normalized spacial score (nSPS) is 12.9. The number of urea groups is 1. The van der Waals surface area contributed by atoms with E-state index < -0.39 is 0 Å².